The lowest BCUT2D eigenvalue weighted by Gasteiger charge is -2.09. The first-order valence-corrected chi connectivity index (χ1v) is 7.70. The molecule has 0 unspecified atom stereocenters. The normalized spacial score (nSPS) is 10.1. The Bertz CT molecular complexity index is 911. The van der Waals surface area contributed by atoms with Gasteiger partial charge in [-0.15, -0.1) is 0 Å². The van der Waals surface area contributed by atoms with Gasteiger partial charge in [0.15, 0.2) is 6.61 Å². The molecule has 0 saturated carbocycles. The smallest absolute Gasteiger partial charge is 0.311 e. The molecule has 0 aliphatic carbocycles. The van der Waals surface area contributed by atoms with Crippen LogP contribution in [0.3, 0.4) is 0 Å². The molecule has 0 atom stereocenters. The van der Waals surface area contributed by atoms with Crippen molar-refractivity contribution in [2.24, 2.45) is 0 Å². The number of esters is 1. The predicted molar refractivity (Wildman–Crippen MR) is 94.2 cm³/mol. The van der Waals surface area contributed by atoms with Crippen LogP contribution >= 0.6 is 0 Å². The van der Waals surface area contributed by atoms with E-state index in [9.17, 15) is 29.8 Å². The fourth-order valence-electron chi connectivity index (χ4n) is 2.24. The van der Waals surface area contributed by atoms with Crippen LogP contribution in [0.15, 0.2) is 42.5 Å². The van der Waals surface area contributed by atoms with Crippen molar-refractivity contribution in [1.82, 2.24) is 0 Å². The molecule has 2 aromatic rings. The maximum Gasteiger partial charge on any atom is 0.311 e. The van der Waals surface area contributed by atoms with Crippen molar-refractivity contribution in [2.75, 3.05) is 11.9 Å². The molecule has 0 aromatic heterocycles. The van der Waals surface area contributed by atoms with Gasteiger partial charge in [0.1, 0.15) is 0 Å². The van der Waals surface area contributed by atoms with Gasteiger partial charge in [0.2, 0.25) is 0 Å². The van der Waals surface area contributed by atoms with Crippen LogP contribution < -0.4 is 5.32 Å². The summed E-state index contributed by atoms with van der Waals surface area (Å²) < 4.78 is 4.82. The number of non-ortho nitro benzene ring substituents is 1. The number of benzene rings is 2. The number of nitro benzene ring substituents is 2. The number of para-hydroxylation sites is 1. The monoisotopic (exact) mass is 373 g/mol. The van der Waals surface area contributed by atoms with E-state index < -0.39 is 28.3 Å². The van der Waals surface area contributed by atoms with Crippen LogP contribution in [0.4, 0.5) is 17.1 Å². The molecule has 0 saturated heterocycles. The largest absolute Gasteiger partial charge is 0.455 e. The summed E-state index contributed by atoms with van der Waals surface area (Å²) >= 11 is 0. The van der Waals surface area contributed by atoms with E-state index in [1.165, 1.54) is 36.4 Å². The maximum atomic E-state index is 11.9. The van der Waals surface area contributed by atoms with Crippen molar-refractivity contribution >= 4 is 28.9 Å². The molecule has 0 aliphatic rings. The molecule has 0 radical (unpaired) electrons. The number of ether oxygens (including phenoxy) is 1. The highest BCUT2D eigenvalue weighted by Gasteiger charge is 2.17. The first kappa shape index (κ1) is 19.5. The van der Waals surface area contributed by atoms with Gasteiger partial charge in [-0.25, -0.2) is 0 Å². The summed E-state index contributed by atoms with van der Waals surface area (Å²) in [6.07, 6.45) is -0.361. The highest BCUT2D eigenvalue weighted by Crippen LogP contribution is 2.22. The van der Waals surface area contributed by atoms with E-state index in [1.54, 1.807) is 13.0 Å². The summed E-state index contributed by atoms with van der Waals surface area (Å²) in [7, 11) is 0. The lowest BCUT2D eigenvalue weighted by Crippen LogP contribution is -2.22. The summed E-state index contributed by atoms with van der Waals surface area (Å²) in [5.41, 5.74) is 0.585. The molecule has 10 heteroatoms. The Balaban J connectivity index is 1.94. The van der Waals surface area contributed by atoms with E-state index in [0.29, 0.717) is 5.56 Å². The van der Waals surface area contributed by atoms with Gasteiger partial charge >= 0.3 is 5.97 Å². The van der Waals surface area contributed by atoms with Crippen LogP contribution in [-0.4, -0.2) is 28.3 Å². The van der Waals surface area contributed by atoms with Gasteiger partial charge in [-0.1, -0.05) is 24.3 Å². The summed E-state index contributed by atoms with van der Waals surface area (Å²) in [6, 6.07) is 9.69. The number of anilines is 1. The summed E-state index contributed by atoms with van der Waals surface area (Å²) in [5.74, 6) is -1.50. The number of rotatable bonds is 7. The molecule has 27 heavy (non-hydrogen) atoms. The Kier molecular flexibility index (Phi) is 6.15. The van der Waals surface area contributed by atoms with Crippen molar-refractivity contribution in [3.8, 4) is 0 Å². The molecular weight excluding hydrogens is 358 g/mol. The topological polar surface area (TPSA) is 142 Å². The first-order valence-electron chi connectivity index (χ1n) is 7.70. The van der Waals surface area contributed by atoms with Gasteiger partial charge < -0.3 is 10.1 Å². The summed E-state index contributed by atoms with van der Waals surface area (Å²) in [4.78, 5) is 44.3. The Morgan fingerprint density at radius 3 is 2.44 bits per heavy atom. The molecule has 0 fully saturated rings. The molecule has 0 bridgehead atoms. The molecular formula is C17H15N3O7. The molecule has 2 rings (SSSR count). The van der Waals surface area contributed by atoms with Crippen LogP contribution in [0.5, 0.6) is 0 Å². The minimum absolute atomic E-state index is 0.169. The number of hydrogen-bond donors (Lipinski definition) is 1. The van der Waals surface area contributed by atoms with Gasteiger partial charge in [-0.3, -0.25) is 29.8 Å². The number of carbonyl (C=O) groups excluding carboxylic acids is 2. The third kappa shape index (κ3) is 5.33. The third-order valence-electron chi connectivity index (χ3n) is 3.59. The van der Waals surface area contributed by atoms with Crippen LogP contribution in [0.2, 0.25) is 0 Å². The highest BCUT2D eigenvalue weighted by atomic mass is 16.6. The second-order valence-corrected chi connectivity index (χ2v) is 5.53. The Morgan fingerprint density at radius 2 is 1.78 bits per heavy atom. The molecule has 0 heterocycles. The highest BCUT2D eigenvalue weighted by molar-refractivity contribution is 5.94. The molecule has 140 valence electrons. The third-order valence-corrected chi connectivity index (χ3v) is 3.59. The fourth-order valence-corrected chi connectivity index (χ4v) is 2.24. The molecule has 1 N–H and O–H groups in total. The van der Waals surface area contributed by atoms with Crippen LogP contribution in [0.1, 0.15) is 11.1 Å². The minimum atomic E-state index is -0.810. The number of nitrogens with zero attached hydrogens (tertiary/aromatic N) is 2. The Hall–Kier alpha value is -3.82. The summed E-state index contributed by atoms with van der Waals surface area (Å²) in [6.45, 7) is 1.03. The average Bonchev–Trinajstić information content (AvgIpc) is 2.62. The van der Waals surface area contributed by atoms with Crippen molar-refractivity contribution in [3.63, 3.8) is 0 Å². The van der Waals surface area contributed by atoms with E-state index in [2.05, 4.69) is 5.32 Å². The molecule has 0 aliphatic heterocycles. The number of amides is 1. The van der Waals surface area contributed by atoms with Crippen LogP contribution in [0.25, 0.3) is 0 Å². The molecule has 0 spiro atoms. The number of aryl methyl sites for hydroxylation is 1. The first-order chi connectivity index (χ1) is 12.8. The van der Waals surface area contributed by atoms with E-state index >= 15 is 0 Å². The number of hydrogen-bond acceptors (Lipinski definition) is 7. The van der Waals surface area contributed by atoms with E-state index in [4.69, 9.17) is 4.74 Å². The SMILES string of the molecule is Cc1ccc([N+](=O)[O-])cc1NC(=O)COC(=O)Cc1ccccc1[N+](=O)[O-]. The zero-order valence-electron chi connectivity index (χ0n) is 14.2. The fraction of sp³-hybridized carbons (Fsp3) is 0.176. The zero-order valence-corrected chi connectivity index (χ0v) is 14.2. The van der Waals surface area contributed by atoms with Crippen LogP contribution in [0, 0.1) is 27.2 Å². The van der Waals surface area contributed by atoms with Gasteiger partial charge in [-0.05, 0) is 12.5 Å². The molecule has 2 aromatic carbocycles. The van der Waals surface area contributed by atoms with Crippen molar-refractivity contribution < 1.29 is 24.2 Å². The lowest BCUT2D eigenvalue weighted by molar-refractivity contribution is -0.385. The lowest BCUT2D eigenvalue weighted by atomic mass is 10.1. The number of nitro groups is 2. The number of carbonyl (C=O) groups is 2. The van der Waals surface area contributed by atoms with Gasteiger partial charge in [0.25, 0.3) is 17.3 Å². The quantitative estimate of drug-likeness (QED) is 0.446. The van der Waals surface area contributed by atoms with Gasteiger partial charge in [0, 0.05) is 23.8 Å². The zero-order chi connectivity index (χ0) is 20.0. The van der Waals surface area contributed by atoms with Crippen molar-refractivity contribution in [2.45, 2.75) is 13.3 Å². The predicted octanol–water partition coefficient (Wildman–Crippen LogP) is 2.54. The van der Waals surface area contributed by atoms with Crippen molar-refractivity contribution in [3.05, 3.63) is 73.8 Å². The van der Waals surface area contributed by atoms with E-state index in [0.717, 1.165) is 0 Å². The molecule has 1 amide bonds. The Labute approximate surface area is 153 Å². The standard InChI is InChI=1S/C17H15N3O7/c1-11-6-7-13(19(23)24)9-14(11)18-16(21)10-27-17(22)8-12-4-2-3-5-15(12)20(25)26/h2-7,9H,8,10H2,1H3,(H,18,21). The van der Waals surface area contributed by atoms with E-state index in [1.807, 2.05) is 0 Å². The van der Waals surface area contributed by atoms with Gasteiger partial charge in [0.05, 0.1) is 22.0 Å². The second-order valence-electron chi connectivity index (χ2n) is 5.53. The van der Waals surface area contributed by atoms with Gasteiger partial charge in [-0.2, -0.15) is 0 Å². The van der Waals surface area contributed by atoms with Crippen LogP contribution in [-0.2, 0) is 20.7 Å². The average molecular weight is 373 g/mol. The van der Waals surface area contributed by atoms with Crippen molar-refractivity contribution in [1.29, 1.82) is 0 Å². The summed E-state index contributed by atoms with van der Waals surface area (Å²) in [5, 5.41) is 24.1. The number of nitrogens with one attached hydrogen (secondary N) is 1. The maximum absolute atomic E-state index is 11.9. The molecule has 10 nitrogen and oxygen atoms in total. The Morgan fingerprint density at radius 1 is 1.07 bits per heavy atom. The minimum Gasteiger partial charge on any atom is -0.455 e. The van der Waals surface area contributed by atoms with E-state index in [-0.39, 0.29) is 29.0 Å². The second kappa shape index (κ2) is 8.52.